The molecule has 0 aliphatic rings. The molecular formula is C24H23N3O3S2. The lowest BCUT2D eigenvalue weighted by atomic mass is 10.1. The van der Waals surface area contributed by atoms with Crippen LogP contribution in [0.1, 0.15) is 34.5 Å². The van der Waals surface area contributed by atoms with Gasteiger partial charge in [-0.1, -0.05) is 48.2 Å². The summed E-state index contributed by atoms with van der Waals surface area (Å²) in [5.41, 5.74) is 4.47. The number of aromatic nitrogens is 2. The maximum atomic E-state index is 12.6. The Morgan fingerprint density at radius 2 is 1.72 bits per heavy atom. The van der Waals surface area contributed by atoms with Gasteiger partial charge in [-0.3, -0.25) is 4.79 Å². The summed E-state index contributed by atoms with van der Waals surface area (Å²) in [6, 6.07) is 21.7. The fourth-order valence-electron chi connectivity index (χ4n) is 3.27. The number of nitrogens with one attached hydrogen (secondary N) is 2. The molecule has 2 N–H and O–H groups in total. The zero-order chi connectivity index (χ0) is 22.7. The van der Waals surface area contributed by atoms with Gasteiger partial charge in [0.15, 0.2) is 15.0 Å². The Kier molecular flexibility index (Phi) is 6.34. The second-order valence-electron chi connectivity index (χ2n) is 7.58. The van der Waals surface area contributed by atoms with E-state index in [0.29, 0.717) is 5.56 Å². The topological polar surface area (TPSA) is 91.9 Å². The van der Waals surface area contributed by atoms with Crippen LogP contribution in [0.2, 0.25) is 0 Å². The van der Waals surface area contributed by atoms with Gasteiger partial charge >= 0.3 is 0 Å². The van der Waals surface area contributed by atoms with Crippen molar-refractivity contribution in [2.24, 2.45) is 0 Å². The molecule has 1 aromatic heterocycles. The van der Waals surface area contributed by atoms with E-state index in [-0.39, 0.29) is 16.8 Å². The Morgan fingerprint density at radius 1 is 1.03 bits per heavy atom. The van der Waals surface area contributed by atoms with E-state index in [1.165, 1.54) is 6.26 Å². The fourth-order valence-corrected chi connectivity index (χ4v) is 4.74. The highest BCUT2D eigenvalue weighted by Gasteiger charge is 2.13. The van der Waals surface area contributed by atoms with Gasteiger partial charge in [0.25, 0.3) is 5.91 Å². The van der Waals surface area contributed by atoms with E-state index in [2.05, 4.69) is 15.3 Å². The number of nitrogens with zero attached hydrogens (tertiary/aromatic N) is 1. The SMILES string of the molecule is CC(NC(=O)c1ccc(CSc2nc3ccccc3[nH]2)cc1)c1ccc(S(C)(=O)=O)cc1. The van der Waals surface area contributed by atoms with Gasteiger partial charge in [-0.25, -0.2) is 13.4 Å². The van der Waals surface area contributed by atoms with Crippen molar-refractivity contribution in [2.75, 3.05) is 6.26 Å². The van der Waals surface area contributed by atoms with E-state index in [0.717, 1.165) is 33.1 Å². The summed E-state index contributed by atoms with van der Waals surface area (Å²) in [6.45, 7) is 1.87. The van der Waals surface area contributed by atoms with Crippen LogP contribution < -0.4 is 5.32 Å². The predicted molar refractivity (Wildman–Crippen MR) is 128 cm³/mol. The summed E-state index contributed by atoms with van der Waals surface area (Å²) in [5, 5.41) is 3.82. The number of thioether (sulfide) groups is 1. The number of amides is 1. The number of hydrogen-bond acceptors (Lipinski definition) is 5. The predicted octanol–water partition coefficient (Wildman–Crippen LogP) is 4.75. The second-order valence-corrected chi connectivity index (χ2v) is 10.6. The van der Waals surface area contributed by atoms with Crippen LogP contribution in [0.5, 0.6) is 0 Å². The molecule has 32 heavy (non-hydrogen) atoms. The minimum atomic E-state index is -3.24. The van der Waals surface area contributed by atoms with Gasteiger partial charge in [-0.15, -0.1) is 0 Å². The minimum Gasteiger partial charge on any atom is -0.346 e. The smallest absolute Gasteiger partial charge is 0.251 e. The van der Waals surface area contributed by atoms with Crippen LogP contribution in [0.15, 0.2) is 82.8 Å². The first kappa shape index (κ1) is 22.1. The van der Waals surface area contributed by atoms with Crippen LogP contribution in [-0.2, 0) is 15.6 Å². The number of H-pyrrole nitrogens is 1. The zero-order valence-electron chi connectivity index (χ0n) is 17.7. The van der Waals surface area contributed by atoms with Crippen LogP contribution in [0.3, 0.4) is 0 Å². The third-order valence-electron chi connectivity index (χ3n) is 5.12. The molecule has 0 aliphatic carbocycles. The van der Waals surface area contributed by atoms with Crippen molar-refractivity contribution in [3.8, 4) is 0 Å². The number of para-hydroxylation sites is 2. The van der Waals surface area contributed by atoms with Gasteiger partial charge < -0.3 is 10.3 Å². The van der Waals surface area contributed by atoms with Crippen molar-refractivity contribution >= 4 is 38.5 Å². The van der Waals surface area contributed by atoms with Crippen LogP contribution in [-0.4, -0.2) is 30.5 Å². The fraction of sp³-hybridized carbons (Fsp3) is 0.167. The number of carbonyl (C=O) groups is 1. The molecule has 0 radical (unpaired) electrons. The number of rotatable bonds is 7. The average Bonchev–Trinajstić information content (AvgIpc) is 3.20. The van der Waals surface area contributed by atoms with Crippen molar-refractivity contribution in [2.45, 2.75) is 28.8 Å². The molecule has 3 aromatic carbocycles. The van der Waals surface area contributed by atoms with Crippen molar-refractivity contribution in [3.63, 3.8) is 0 Å². The number of benzene rings is 3. The molecule has 0 saturated heterocycles. The average molecular weight is 466 g/mol. The number of imidazole rings is 1. The zero-order valence-corrected chi connectivity index (χ0v) is 19.3. The number of fused-ring (bicyclic) bond motifs is 1. The van der Waals surface area contributed by atoms with Crippen molar-refractivity contribution in [1.29, 1.82) is 0 Å². The van der Waals surface area contributed by atoms with Crippen molar-refractivity contribution in [1.82, 2.24) is 15.3 Å². The van der Waals surface area contributed by atoms with E-state index in [1.807, 2.05) is 55.5 Å². The third kappa shape index (κ3) is 5.20. The number of carbonyl (C=O) groups excluding carboxylic acids is 1. The van der Waals surface area contributed by atoms with Crippen LogP contribution >= 0.6 is 11.8 Å². The Balaban J connectivity index is 1.35. The molecule has 0 bridgehead atoms. The summed E-state index contributed by atoms with van der Waals surface area (Å²) in [7, 11) is -3.24. The first-order valence-electron chi connectivity index (χ1n) is 10.1. The molecule has 1 unspecified atom stereocenters. The van der Waals surface area contributed by atoms with Gasteiger partial charge in [0.05, 0.1) is 22.0 Å². The lowest BCUT2D eigenvalue weighted by Gasteiger charge is -2.15. The summed E-state index contributed by atoms with van der Waals surface area (Å²) in [6.07, 6.45) is 1.17. The molecule has 1 heterocycles. The Hall–Kier alpha value is -3.10. The molecule has 4 rings (SSSR count). The van der Waals surface area contributed by atoms with E-state index in [9.17, 15) is 13.2 Å². The van der Waals surface area contributed by atoms with Crippen LogP contribution in [0.4, 0.5) is 0 Å². The summed E-state index contributed by atoms with van der Waals surface area (Å²) < 4.78 is 23.2. The largest absolute Gasteiger partial charge is 0.346 e. The van der Waals surface area contributed by atoms with Gasteiger partial charge in [0.1, 0.15) is 0 Å². The number of hydrogen-bond donors (Lipinski definition) is 2. The highest BCUT2D eigenvalue weighted by atomic mass is 32.2. The maximum absolute atomic E-state index is 12.6. The summed E-state index contributed by atoms with van der Waals surface area (Å²) >= 11 is 1.61. The van der Waals surface area contributed by atoms with Gasteiger partial charge in [-0.05, 0) is 54.4 Å². The standard InChI is InChI=1S/C24H23N3O3S2/c1-16(18-11-13-20(14-12-18)32(2,29)30)25-23(28)19-9-7-17(8-10-19)15-31-24-26-21-5-3-4-6-22(21)27-24/h3-14,16H,15H2,1-2H3,(H,25,28)(H,26,27). The first-order valence-corrected chi connectivity index (χ1v) is 12.9. The molecule has 1 atom stereocenters. The molecule has 1 amide bonds. The monoisotopic (exact) mass is 465 g/mol. The molecule has 8 heteroatoms. The quantitative estimate of drug-likeness (QED) is 0.384. The van der Waals surface area contributed by atoms with Gasteiger partial charge in [-0.2, -0.15) is 0 Å². The second kappa shape index (κ2) is 9.18. The number of sulfone groups is 1. The maximum Gasteiger partial charge on any atom is 0.251 e. The summed E-state index contributed by atoms with van der Waals surface area (Å²) in [5.74, 6) is 0.561. The highest BCUT2D eigenvalue weighted by Crippen LogP contribution is 2.23. The lowest BCUT2D eigenvalue weighted by Crippen LogP contribution is -2.26. The highest BCUT2D eigenvalue weighted by molar-refractivity contribution is 7.98. The molecule has 0 aliphatic heterocycles. The molecule has 0 spiro atoms. The first-order chi connectivity index (χ1) is 15.3. The molecule has 0 fully saturated rings. The normalized spacial score (nSPS) is 12.6. The van der Waals surface area contributed by atoms with E-state index in [1.54, 1.807) is 36.0 Å². The molecule has 6 nitrogen and oxygen atoms in total. The Morgan fingerprint density at radius 3 is 2.38 bits per heavy atom. The molecule has 164 valence electrons. The molecule has 4 aromatic rings. The van der Waals surface area contributed by atoms with Crippen LogP contribution in [0, 0.1) is 0 Å². The molecule has 0 saturated carbocycles. The Bertz CT molecular complexity index is 1310. The van der Waals surface area contributed by atoms with Crippen molar-refractivity contribution in [3.05, 3.63) is 89.5 Å². The molecular weight excluding hydrogens is 442 g/mol. The number of aromatic amines is 1. The summed E-state index contributed by atoms with van der Waals surface area (Å²) in [4.78, 5) is 20.7. The van der Waals surface area contributed by atoms with Crippen LogP contribution in [0.25, 0.3) is 11.0 Å². The minimum absolute atomic E-state index is 0.179. The Labute approximate surface area is 191 Å². The van der Waals surface area contributed by atoms with Gasteiger partial charge in [0.2, 0.25) is 0 Å². The van der Waals surface area contributed by atoms with E-state index >= 15 is 0 Å². The van der Waals surface area contributed by atoms with E-state index in [4.69, 9.17) is 0 Å². The van der Waals surface area contributed by atoms with Gasteiger partial charge in [0, 0.05) is 17.6 Å². The van der Waals surface area contributed by atoms with E-state index < -0.39 is 9.84 Å². The lowest BCUT2D eigenvalue weighted by molar-refractivity contribution is 0.0940. The van der Waals surface area contributed by atoms with Crippen molar-refractivity contribution < 1.29 is 13.2 Å². The third-order valence-corrected chi connectivity index (χ3v) is 7.19.